The molecule has 1 fully saturated rings. The number of hydrogen-bond acceptors (Lipinski definition) is 3. The molecular weight excluding hydrogens is 226 g/mol. The first-order valence-corrected chi connectivity index (χ1v) is 6.57. The molecular formula is C14H21N3O. The van der Waals surface area contributed by atoms with Crippen LogP contribution in [0.4, 0.5) is 0 Å². The zero-order valence-corrected chi connectivity index (χ0v) is 11.1. The molecule has 1 aromatic rings. The molecule has 18 heavy (non-hydrogen) atoms. The fourth-order valence-electron chi connectivity index (χ4n) is 2.00. The number of hydrogen-bond donors (Lipinski definition) is 1. The molecule has 1 aromatic heterocycles. The SMILES string of the molecule is CC(C)N(CC1CC1)C(=O)c1ccnc(CN)c1. The van der Waals surface area contributed by atoms with Gasteiger partial charge in [-0.15, -0.1) is 0 Å². The molecule has 0 spiro atoms. The largest absolute Gasteiger partial charge is 0.336 e. The van der Waals surface area contributed by atoms with Crippen molar-refractivity contribution in [2.75, 3.05) is 6.54 Å². The van der Waals surface area contributed by atoms with E-state index < -0.39 is 0 Å². The third-order valence-corrected chi connectivity index (χ3v) is 3.31. The summed E-state index contributed by atoms with van der Waals surface area (Å²) in [5, 5.41) is 0. The minimum absolute atomic E-state index is 0.0917. The molecule has 2 rings (SSSR count). The second-order valence-electron chi connectivity index (χ2n) is 5.23. The van der Waals surface area contributed by atoms with E-state index >= 15 is 0 Å². The van der Waals surface area contributed by atoms with Crippen molar-refractivity contribution in [1.82, 2.24) is 9.88 Å². The Morgan fingerprint density at radius 2 is 2.28 bits per heavy atom. The summed E-state index contributed by atoms with van der Waals surface area (Å²) in [4.78, 5) is 18.5. The highest BCUT2D eigenvalue weighted by molar-refractivity contribution is 5.94. The predicted molar refractivity (Wildman–Crippen MR) is 71.0 cm³/mol. The summed E-state index contributed by atoms with van der Waals surface area (Å²) in [7, 11) is 0. The maximum absolute atomic E-state index is 12.5. The van der Waals surface area contributed by atoms with Crippen LogP contribution in [0.3, 0.4) is 0 Å². The number of carbonyl (C=O) groups is 1. The van der Waals surface area contributed by atoms with Crippen LogP contribution in [0.15, 0.2) is 18.3 Å². The minimum Gasteiger partial charge on any atom is -0.336 e. The van der Waals surface area contributed by atoms with Gasteiger partial charge in [-0.05, 0) is 44.7 Å². The standard InChI is InChI=1S/C14H21N3O/c1-10(2)17(9-11-3-4-11)14(18)12-5-6-16-13(7-12)8-15/h5-7,10-11H,3-4,8-9,15H2,1-2H3. The lowest BCUT2D eigenvalue weighted by molar-refractivity contribution is 0.0696. The van der Waals surface area contributed by atoms with Gasteiger partial charge >= 0.3 is 0 Å². The first-order chi connectivity index (χ1) is 8.61. The maximum atomic E-state index is 12.5. The van der Waals surface area contributed by atoms with Crippen molar-refractivity contribution in [3.63, 3.8) is 0 Å². The number of amides is 1. The van der Waals surface area contributed by atoms with E-state index in [-0.39, 0.29) is 11.9 Å². The molecule has 0 aromatic carbocycles. The van der Waals surface area contributed by atoms with Crippen LogP contribution >= 0.6 is 0 Å². The molecule has 2 N–H and O–H groups in total. The Morgan fingerprint density at radius 3 is 2.83 bits per heavy atom. The van der Waals surface area contributed by atoms with Gasteiger partial charge in [0.2, 0.25) is 0 Å². The summed E-state index contributed by atoms with van der Waals surface area (Å²) >= 11 is 0. The number of nitrogens with zero attached hydrogens (tertiary/aromatic N) is 2. The van der Waals surface area contributed by atoms with Gasteiger partial charge in [0.1, 0.15) is 0 Å². The second-order valence-corrected chi connectivity index (χ2v) is 5.23. The van der Waals surface area contributed by atoms with Crippen molar-refractivity contribution >= 4 is 5.91 Å². The van der Waals surface area contributed by atoms with Crippen LogP contribution in [-0.4, -0.2) is 28.4 Å². The van der Waals surface area contributed by atoms with Gasteiger partial charge in [0.05, 0.1) is 5.69 Å². The van der Waals surface area contributed by atoms with Crippen LogP contribution in [-0.2, 0) is 6.54 Å². The lowest BCUT2D eigenvalue weighted by Crippen LogP contribution is -2.38. The van der Waals surface area contributed by atoms with Crippen LogP contribution in [0.25, 0.3) is 0 Å². The zero-order chi connectivity index (χ0) is 13.1. The molecule has 0 bridgehead atoms. The molecule has 98 valence electrons. The Balaban J connectivity index is 2.15. The molecule has 4 nitrogen and oxygen atoms in total. The van der Waals surface area contributed by atoms with Crippen LogP contribution in [0.2, 0.25) is 0 Å². The van der Waals surface area contributed by atoms with E-state index in [1.807, 2.05) is 4.90 Å². The third-order valence-electron chi connectivity index (χ3n) is 3.31. The van der Waals surface area contributed by atoms with Crippen LogP contribution in [0.5, 0.6) is 0 Å². The predicted octanol–water partition coefficient (Wildman–Crippen LogP) is 1.80. The maximum Gasteiger partial charge on any atom is 0.254 e. The number of carbonyl (C=O) groups excluding carboxylic acids is 1. The normalized spacial score (nSPS) is 14.9. The second kappa shape index (κ2) is 5.48. The van der Waals surface area contributed by atoms with Crippen molar-refractivity contribution in [3.8, 4) is 0 Å². The topological polar surface area (TPSA) is 59.2 Å². The first kappa shape index (κ1) is 13.0. The molecule has 4 heteroatoms. The van der Waals surface area contributed by atoms with E-state index in [1.165, 1.54) is 12.8 Å². The highest BCUT2D eigenvalue weighted by atomic mass is 16.2. The lowest BCUT2D eigenvalue weighted by atomic mass is 10.1. The van der Waals surface area contributed by atoms with Crippen molar-refractivity contribution in [2.45, 2.75) is 39.3 Å². The van der Waals surface area contributed by atoms with Gasteiger partial charge < -0.3 is 10.6 Å². The monoisotopic (exact) mass is 247 g/mol. The van der Waals surface area contributed by atoms with Crippen LogP contribution in [0.1, 0.15) is 42.7 Å². The average Bonchev–Trinajstić information content (AvgIpc) is 3.19. The Morgan fingerprint density at radius 1 is 1.56 bits per heavy atom. The summed E-state index contributed by atoms with van der Waals surface area (Å²) in [6.45, 7) is 5.36. The average molecular weight is 247 g/mol. The summed E-state index contributed by atoms with van der Waals surface area (Å²) in [5.41, 5.74) is 7.01. The quantitative estimate of drug-likeness (QED) is 0.863. The van der Waals surface area contributed by atoms with E-state index in [9.17, 15) is 4.79 Å². The van der Waals surface area contributed by atoms with Gasteiger partial charge in [-0.1, -0.05) is 0 Å². The Hall–Kier alpha value is -1.42. The number of nitrogens with two attached hydrogens (primary N) is 1. The molecule has 1 saturated carbocycles. The van der Waals surface area contributed by atoms with Crippen molar-refractivity contribution < 1.29 is 4.79 Å². The highest BCUT2D eigenvalue weighted by Gasteiger charge is 2.28. The third kappa shape index (κ3) is 3.07. The smallest absolute Gasteiger partial charge is 0.254 e. The van der Waals surface area contributed by atoms with Crippen LogP contribution < -0.4 is 5.73 Å². The Kier molecular flexibility index (Phi) is 3.97. The molecule has 0 saturated heterocycles. The van der Waals surface area contributed by atoms with E-state index in [1.54, 1.807) is 18.3 Å². The molecule has 0 unspecified atom stereocenters. The van der Waals surface area contributed by atoms with Crippen molar-refractivity contribution in [3.05, 3.63) is 29.6 Å². The molecule has 1 aliphatic rings. The number of aromatic nitrogens is 1. The first-order valence-electron chi connectivity index (χ1n) is 6.57. The van der Waals surface area contributed by atoms with E-state index in [0.717, 1.165) is 12.2 Å². The van der Waals surface area contributed by atoms with E-state index in [2.05, 4.69) is 18.8 Å². The summed E-state index contributed by atoms with van der Waals surface area (Å²) in [6, 6.07) is 3.79. The summed E-state index contributed by atoms with van der Waals surface area (Å²) < 4.78 is 0. The van der Waals surface area contributed by atoms with Gasteiger partial charge in [0.15, 0.2) is 0 Å². The zero-order valence-electron chi connectivity index (χ0n) is 11.1. The summed E-state index contributed by atoms with van der Waals surface area (Å²) in [5.74, 6) is 0.793. The number of rotatable bonds is 5. The molecule has 1 aliphatic carbocycles. The lowest BCUT2D eigenvalue weighted by Gasteiger charge is -2.27. The number of pyridine rings is 1. The van der Waals surface area contributed by atoms with E-state index in [4.69, 9.17) is 5.73 Å². The van der Waals surface area contributed by atoms with Gasteiger partial charge in [-0.2, -0.15) is 0 Å². The van der Waals surface area contributed by atoms with Gasteiger partial charge in [-0.25, -0.2) is 0 Å². The van der Waals surface area contributed by atoms with Crippen molar-refractivity contribution in [1.29, 1.82) is 0 Å². The Bertz CT molecular complexity index is 427. The molecule has 0 atom stereocenters. The fraction of sp³-hybridized carbons (Fsp3) is 0.571. The molecule has 0 radical (unpaired) electrons. The minimum atomic E-state index is 0.0917. The highest BCUT2D eigenvalue weighted by Crippen LogP contribution is 2.30. The van der Waals surface area contributed by atoms with Crippen LogP contribution in [0, 0.1) is 5.92 Å². The molecule has 1 heterocycles. The van der Waals surface area contributed by atoms with Crippen molar-refractivity contribution in [2.24, 2.45) is 11.7 Å². The molecule has 1 amide bonds. The van der Waals surface area contributed by atoms with Gasteiger partial charge in [0, 0.05) is 30.9 Å². The fourth-order valence-corrected chi connectivity index (χ4v) is 2.00. The molecule has 0 aliphatic heterocycles. The van der Waals surface area contributed by atoms with Gasteiger partial charge in [-0.3, -0.25) is 9.78 Å². The summed E-state index contributed by atoms with van der Waals surface area (Å²) in [6.07, 6.45) is 4.16. The van der Waals surface area contributed by atoms with E-state index in [0.29, 0.717) is 18.0 Å². The van der Waals surface area contributed by atoms with Gasteiger partial charge in [0.25, 0.3) is 5.91 Å². The Labute approximate surface area is 108 Å².